The van der Waals surface area contributed by atoms with Crippen LogP contribution in [-0.2, 0) is 16.6 Å². The van der Waals surface area contributed by atoms with Crippen LogP contribution in [0.5, 0.6) is 0 Å². The average Bonchev–Trinajstić information content (AvgIpc) is 3.35. The Hall–Kier alpha value is -4.14. The fourth-order valence-corrected chi connectivity index (χ4v) is 4.54. The zero-order chi connectivity index (χ0) is 24.9. The predicted octanol–water partition coefficient (Wildman–Crippen LogP) is 4.15. The van der Waals surface area contributed by atoms with Gasteiger partial charge in [0.1, 0.15) is 6.61 Å². The Balaban J connectivity index is 1.36. The number of carboxylic acid groups (broad SMARTS) is 1. The Bertz CT molecular complexity index is 1210. The SMILES string of the molecule is CCC[C@H](CC(=O)Nc1cn(C)nc1C(=O)O)NC(=O)OCC1c2ccccc2-c2ccccc21. The van der Waals surface area contributed by atoms with Crippen LogP contribution in [0.2, 0.25) is 0 Å². The topological polar surface area (TPSA) is 123 Å². The summed E-state index contributed by atoms with van der Waals surface area (Å²) < 4.78 is 6.91. The second kappa shape index (κ2) is 10.4. The number of carbonyl (C=O) groups excluding carboxylic acids is 2. The molecule has 182 valence electrons. The maximum Gasteiger partial charge on any atom is 0.407 e. The Labute approximate surface area is 203 Å². The maximum atomic E-state index is 12.6. The summed E-state index contributed by atoms with van der Waals surface area (Å²) in [6.07, 6.45) is 2.12. The van der Waals surface area contributed by atoms with Crippen molar-refractivity contribution >= 4 is 23.7 Å². The molecule has 2 amide bonds. The normalized spacial score (nSPS) is 13.0. The molecule has 1 aliphatic rings. The molecular formula is C26H28N4O5. The minimum Gasteiger partial charge on any atom is -0.476 e. The first-order chi connectivity index (χ1) is 16.9. The van der Waals surface area contributed by atoms with Gasteiger partial charge in [-0.15, -0.1) is 0 Å². The summed E-state index contributed by atoms with van der Waals surface area (Å²) in [6.45, 7) is 2.14. The molecule has 0 aliphatic heterocycles. The molecule has 0 radical (unpaired) electrons. The number of carbonyl (C=O) groups is 3. The summed E-state index contributed by atoms with van der Waals surface area (Å²) in [5, 5.41) is 18.4. The fraction of sp³-hybridized carbons (Fsp3) is 0.308. The first-order valence-corrected chi connectivity index (χ1v) is 11.6. The van der Waals surface area contributed by atoms with Gasteiger partial charge >= 0.3 is 12.1 Å². The minimum absolute atomic E-state index is 0.0218. The van der Waals surface area contributed by atoms with Gasteiger partial charge in [-0.3, -0.25) is 9.48 Å². The molecule has 35 heavy (non-hydrogen) atoms. The van der Waals surface area contributed by atoms with Crippen LogP contribution in [0.4, 0.5) is 10.5 Å². The molecule has 0 saturated heterocycles. The lowest BCUT2D eigenvalue weighted by Crippen LogP contribution is -2.38. The van der Waals surface area contributed by atoms with Crippen molar-refractivity contribution in [1.29, 1.82) is 0 Å². The van der Waals surface area contributed by atoms with Crippen LogP contribution < -0.4 is 10.6 Å². The molecule has 3 aromatic rings. The van der Waals surface area contributed by atoms with Gasteiger partial charge in [0.2, 0.25) is 5.91 Å². The molecule has 1 heterocycles. The molecule has 9 nitrogen and oxygen atoms in total. The smallest absolute Gasteiger partial charge is 0.407 e. The summed E-state index contributed by atoms with van der Waals surface area (Å²) in [7, 11) is 1.57. The van der Waals surface area contributed by atoms with Gasteiger partial charge in [0.15, 0.2) is 5.69 Å². The summed E-state index contributed by atoms with van der Waals surface area (Å²) in [5.41, 5.74) is 4.41. The van der Waals surface area contributed by atoms with Crippen molar-refractivity contribution < 1.29 is 24.2 Å². The molecule has 0 bridgehead atoms. The number of rotatable bonds is 9. The number of amides is 2. The van der Waals surface area contributed by atoms with Crippen LogP contribution in [0.1, 0.15) is 53.7 Å². The van der Waals surface area contributed by atoms with Crippen molar-refractivity contribution in [2.75, 3.05) is 11.9 Å². The monoisotopic (exact) mass is 476 g/mol. The number of carboxylic acids is 1. The van der Waals surface area contributed by atoms with Crippen molar-refractivity contribution in [3.8, 4) is 11.1 Å². The van der Waals surface area contributed by atoms with E-state index in [4.69, 9.17) is 4.74 Å². The number of nitrogens with zero attached hydrogens (tertiary/aromatic N) is 2. The quantitative estimate of drug-likeness (QED) is 0.426. The molecule has 1 atom stereocenters. The van der Waals surface area contributed by atoms with Crippen LogP contribution in [0, 0.1) is 0 Å². The zero-order valence-corrected chi connectivity index (χ0v) is 19.7. The van der Waals surface area contributed by atoms with Gasteiger partial charge in [0, 0.05) is 31.6 Å². The van der Waals surface area contributed by atoms with Gasteiger partial charge in [-0.2, -0.15) is 5.10 Å². The number of aryl methyl sites for hydroxylation is 1. The van der Waals surface area contributed by atoms with E-state index in [1.54, 1.807) is 7.05 Å². The lowest BCUT2D eigenvalue weighted by Gasteiger charge is -2.19. The molecular weight excluding hydrogens is 448 g/mol. The number of benzene rings is 2. The second-order valence-electron chi connectivity index (χ2n) is 8.58. The third-order valence-corrected chi connectivity index (χ3v) is 6.04. The summed E-state index contributed by atoms with van der Waals surface area (Å²) in [5.74, 6) is -1.71. The second-order valence-corrected chi connectivity index (χ2v) is 8.58. The van der Waals surface area contributed by atoms with Crippen LogP contribution in [0.15, 0.2) is 54.7 Å². The van der Waals surface area contributed by atoms with Gasteiger partial charge in [0.05, 0.1) is 5.69 Å². The average molecular weight is 477 g/mol. The van der Waals surface area contributed by atoms with Gasteiger partial charge in [-0.1, -0.05) is 61.9 Å². The Morgan fingerprint density at radius 3 is 2.31 bits per heavy atom. The molecule has 0 spiro atoms. The Morgan fingerprint density at radius 2 is 1.71 bits per heavy atom. The lowest BCUT2D eigenvalue weighted by atomic mass is 9.98. The number of ether oxygens (including phenoxy) is 1. The van der Waals surface area contributed by atoms with Crippen LogP contribution >= 0.6 is 0 Å². The van der Waals surface area contributed by atoms with Crippen molar-refractivity contribution in [1.82, 2.24) is 15.1 Å². The molecule has 9 heteroatoms. The molecule has 2 aromatic carbocycles. The highest BCUT2D eigenvalue weighted by molar-refractivity contribution is 5.99. The molecule has 1 aliphatic carbocycles. The molecule has 1 aromatic heterocycles. The third kappa shape index (κ3) is 5.34. The molecule has 0 fully saturated rings. The highest BCUT2D eigenvalue weighted by atomic mass is 16.5. The zero-order valence-electron chi connectivity index (χ0n) is 19.7. The van der Waals surface area contributed by atoms with E-state index in [0.717, 1.165) is 28.7 Å². The molecule has 0 unspecified atom stereocenters. The summed E-state index contributed by atoms with van der Waals surface area (Å²) in [6, 6.07) is 15.7. The van der Waals surface area contributed by atoms with E-state index in [-0.39, 0.29) is 30.3 Å². The summed E-state index contributed by atoms with van der Waals surface area (Å²) in [4.78, 5) is 36.5. The Morgan fingerprint density at radius 1 is 1.09 bits per heavy atom. The first kappa shape index (κ1) is 24.0. The Kier molecular flexibility index (Phi) is 7.14. The van der Waals surface area contributed by atoms with E-state index in [9.17, 15) is 19.5 Å². The van der Waals surface area contributed by atoms with Crippen molar-refractivity contribution in [2.45, 2.75) is 38.1 Å². The number of alkyl carbamates (subject to hydrolysis) is 1. The number of hydrogen-bond donors (Lipinski definition) is 3. The highest BCUT2D eigenvalue weighted by Crippen LogP contribution is 2.44. The number of nitrogens with one attached hydrogen (secondary N) is 2. The highest BCUT2D eigenvalue weighted by Gasteiger charge is 2.29. The number of fused-ring (bicyclic) bond motifs is 3. The first-order valence-electron chi connectivity index (χ1n) is 11.6. The van der Waals surface area contributed by atoms with Crippen molar-refractivity contribution in [3.05, 3.63) is 71.5 Å². The predicted molar refractivity (Wildman–Crippen MR) is 130 cm³/mol. The van der Waals surface area contributed by atoms with E-state index in [1.807, 2.05) is 31.2 Å². The van der Waals surface area contributed by atoms with Gasteiger partial charge in [0.25, 0.3) is 0 Å². The van der Waals surface area contributed by atoms with E-state index >= 15 is 0 Å². The van der Waals surface area contributed by atoms with Gasteiger partial charge in [-0.05, 0) is 28.7 Å². The standard InChI is InChI=1S/C26H28N4O5/c1-3-8-16(13-23(31)28-22-14-30(2)29-24(22)25(32)33)27-26(34)35-15-21-19-11-6-4-9-17(19)18-10-5-7-12-20(18)21/h4-7,9-12,14,16,21H,3,8,13,15H2,1-2H3,(H,27,34)(H,28,31)(H,32,33)/t16-/m1/s1. The largest absolute Gasteiger partial charge is 0.476 e. The number of hydrogen-bond acceptors (Lipinski definition) is 5. The number of anilines is 1. The number of aromatic carboxylic acids is 1. The molecule has 4 rings (SSSR count). The van der Waals surface area contributed by atoms with E-state index in [1.165, 1.54) is 10.9 Å². The van der Waals surface area contributed by atoms with Gasteiger partial charge in [-0.25, -0.2) is 9.59 Å². The molecule has 3 N–H and O–H groups in total. The lowest BCUT2D eigenvalue weighted by molar-refractivity contribution is -0.116. The van der Waals surface area contributed by atoms with E-state index < -0.39 is 24.0 Å². The molecule has 0 saturated carbocycles. The van der Waals surface area contributed by atoms with Crippen molar-refractivity contribution in [2.24, 2.45) is 7.05 Å². The number of aromatic nitrogens is 2. The van der Waals surface area contributed by atoms with Crippen LogP contribution in [-0.4, -0.2) is 45.5 Å². The minimum atomic E-state index is -1.23. The summed E-state index contributed by atoms with van der Waals surface area (Å²) >= 11 is 0. The van der Waals surface area contributed by atoms with Gasteiger partial charge < -0.3 is 20.5 Å². The fourth-order valence-electron chi connectivity index (χ4n) is 4.54. The van der Waals surface area contributed by atoms with Crippen LogP contribution in [0.25, 0.3) is 11.1 Å². The van der Waals surface area contributed by atoms with Crippen LogP contribution in [0.3, 0.4) is 0 Å². The van der Waals surface area contributed by atoms with E-state index in [2.05, 4.69) is 40.0 Å². The third-order valence-electron chi connectivity index (χ3n) is 6.04. The van der Waals surface area contributed by atoms with Crippen molar-refractivity contribution in [3.63, 3.8) is 0 Å². The maximum absolute atomic E-state index is 12.6. The van der Waals surface area contributed by atoms with E-state index in [0.29, 0.717) is 6.42 Å².